The molecular weight excluding hydrogens is 238 g/mol. The van der Waals surface area contributed by atoms with E-state index in [1.807, 2.05) is 6.92 Å². The molecule has 5 nitrogen and oxygen atoms in total. The van der Waals surface area contributed by atoms with Crippen LogP contribution in [0.2, 0.25) is 0 Å². The van der Waals surface area contributed by atoms with Crippen molar-refractivity contribution in [2.75, 3.05) is 6.26 Å². The fourth-order valence-corrected chi connectivity index (χ4v) is 2.34. The first-order valence-electron chi connectivity index (χ1n) is 5.29. The summed E-state index contributed by atoms with van der Waals surface area (Å²) in [4.78, 5) is 0.302. The topological polar surface area (TPSA) is 78.0 Å². The third-order valence-electron chi connectivity index (χ3n) is 2.51. The molecule has 0 unspecified atom stereocenters. The molecule has 0 aliphatic heterocycles. The first-order chi connectivity index (χ1) is 7.88. The highest BCUT2D eigenvalue weighted by molar-refractivity contribution is 7.90. The van der Waals surface area contributed by atoms with Crippen LogP contribution < -0.4 is 5.73 Å². The van der Waals surface area contributed by atoms with Gasteiger partial charge in [-0.05, 0) is 25.1 Å². The minimum Gasteiger partial charge on any atom is -0.326 e. The highest BCUT2D eigenvalue weighted by atomic mass is 32.2. The van der Waals surface area contributed by atoms with Crippen LogP contribution in [0.15, 0.2) is 29.3 Å². The molecule has 0 saturated heterocycles. The smallest absolute Gasteiger partial charge is 0.175 e. The van der Waals surface area contributed by atoms with E-state index in [0.717, 1.165) is 10.9 Å². The Hall–Kier alpha value is -1.40. The van der Waals surface area contributed by atoms with Crippen LogP contribution in [0.4, 0.5) is 0 Å². The fourth-order valence-electron chi connectivity index (χ4n) is 1.70. The summed E-state index contributed by atoms with van der Waals surface area (Å²) in [5.74, 6) is 0. The fraction of sp³-hybridized carbons (Fsp3) is 0.364. The Morgan fingerprint density at radius 2 is 2.18 bits per heavy atom. The van der Waals surface area contributed by atoms with Crippen LogP contribution in [-0.2, 0) is 16.4 Å². The zero-order valence-electron chi connectivity index (χ0n) is 9.79. The lowest BCUT2D eigenvalue weighted by atomic mass is 10.2. The maximum absolute atomic E-state index is 11.5. The molecule has 6 heteroatoms. The van der Waals surface area contributed by atoms with Crippen molar-refractivity contribution in [1.29, 1.82) is 0 Å². The second kappa shape index (κ2) is 4.12. The molecule has 1 atom stereocenters. The van der Waals surface area contributed by atoms with E-state index in [4.69, 9.17) is 5.73 Å². The van der Waals surface area contributed by atoms with E-state index in [1.165, 1.54) is 6.26 Å². The highest BCUT2D eigenvalue weighted by Gasteiger charge is 2.11. The zero-order valence-corrected chi connectivity index (χ0v) is 10.6. The number of sulfone groups is 1. The molecule has 0 amide bonds. The average Bonchev–Trinajstić information content (AvgIpc) is 2.59. The minimum absolute atomic E-state index is 0.0278. The van der Waals surface area contributed by atoms with Crippen LogP contribution in [0.1, 0.15) is 6.92 Å². The van der Waals surface area contributed by atoms with E-state index in [2.05, 4.69) is 5.10 Å². The minimum atomic E-state index is -3.19. The van der Waals surface area contributed by atoms with Gasteiger partial charge in [-0.1, -0.05) is 0 Å². The Balaban J connectivity index is 2.58. The van der Waals surface area contributed by atoms with Crippen LogP contribution in [-0.4, -0.2) is 30.5 Å². The number of hydrogen-bond acceptors (Lipinski definition) is 4. The maximum Gasteiger partial charge on any atom is 0.175 e. The molecule has 1 aromatic carbocycles. The molecule has 2 N–H and O–H groups in total. The van der Waals surface area contributed by atoms with Crippen LogP contribution in [0.5, 0.6) is 0 Å². The highest BCUT2D eigenvalue weighted by Crippen LogP contribution is 2.19. The third kappa shape index (κ3) is 2.48. The summed E-state index contributed by atoms with van der Waals surface area (Å²) >= 11 is 0. The molecule has 0 fully saturated rings. The second-order valence-corrected chi connectivity index (χ2v) is 6.31. The van der Waals surface area contributed by atoms with Crippen molar-refractivity contribution < 1.29 is 8.42 Å². The van der Waals surface area contributed by atoms with Crippen molar-refractivity contribution in [2.24, 2.45) is 5.73 Å². The largest absolute Gasteiger partial charge is 0.326 e. The summed E-state index contributed by atoms with van der Waals surface area (Å²) in [5, 5.41) is 5.12. The van der Waals surface area contributed by atoms with Gasteiger partial charge >= 0.3 is 0 Å². The normalized spacial score (nSPS) is 14.1. The van der Waals surface area contributed by atoms with E-state index >= 15 is 0 Å². The second-order valence-electron chi connectivity index (χ2n) is 4.30. The van der Waals surface area contributed by atoms with Crippen LogP contribution in [0.25, 0.3) is 10.9 Å². The molecule has 17 heavy (non-hydrogen) atoms. The standard InChI is InChI=1S/C11H15N3O2S/c1-8(12)7-14-11-5-10(17(2,15)16)4-3-9(11)6-13-14/h3-6,8H,7,12H2,1-2H3/t8-/m0/s1. The van der Waals surface area contributed by atoms with Gasteiger partial charge in [0, 0.05) is 17.7 Å². The molecule has 2 aromatic rings. The van der Waals surface area contributed by atoms with Gasteiger partial charge in [-0.25, -0.2) is 8.42 Å². The van der Waals surface area contributed by atoms with Crippen molar-refractivity contribution in [3.8, 4) is 0 Å². The first-order valence-corrected chi connectivity index (χ1v) is 7.18. The van der Waals surface area contributed by atoms with Crippen LogP contribution in [0.3, 0.4) is 0 Å². The average molecular weight is 253 g/mol. The summed E-state index contributed by atoms with van der Waals surface area (Å²) in [5.41, 5.74) is 6.52. The van der Waals surface area contributed by atoms with Crippen molar-refractivity contribution in [2.45, 2.75) is 24.4 Å². The number of fused-ring (bicyclic) bond motifs is 1. The Morgan fingerprint density at radius 1 is 1.47 bits per heavy atom. The van der Waals surface area contributed by atoms with Gasteiger partial charge in [0.15, 0.2) is 9.84 Å². The molecular formula is C11H15N3O2S. The Kier molecular flexibility index (Phi) is 2.92. The van der Waals surface area contributed by atoms with Gasteiger partial charge in [-0.2, -0.15) is 5.10 Å². The molecule has 0 bridgehead atoms. The lowest BCUT2D eigenvalue weighted by Crippen LogP contribution is -2.22. The molecule has 0 saturated carbocycles. The Morgan fingerprint density at radius 3 is 2.76 bits per heavy atom. The SMILES string of the molecule is C[C@H](N)Cn1ncc2ccc(S(C)(=O)=O)cc21. The van der Waals surface area contributed by atoms with Gasteiger partial charge in [0.2, 0.25) is 0 Å². The van der Waals surface area contributed by atoms with Crippen molar-refractivity contribution >= 4 is 20.7 Å². The Bertz CT molecular complexity index is 644. The van der Waals surface area contributed by atoms with Gasteiger partial charge in [0.1, 0.15) is 0 Å². The van der Waals surface area contributed by atoms with E-state index in [-0.39, 0.29) is 6.04 Å². The lowest BCUT2D eigenvalue weighted by Gasteiger charge is -2.07. The zero-order chi connectivity index (χ0) is 12.6. The Labute approximate surface area is 100 Å². The molecule has 2 rings (SSSR count). The van der Waals surface area contributed by atoms with Gasteiger partial charge in [0.25, 0.3) is 0 Å². The maximum atomic E-state index is 11.5. The quantitative estimate of drug-likeness (QED) is 0.877. The molecule has 1 aromatic heterocycles. The third-order valence-corrected chi connectivity index (χ3v) is 3.62. The number of rotatable bonds is 3. The van der Waals surface area contributed by atoms with Gasteiger partial charge in [-0.3, -0.25) is 4.68 Å². The molecule has 1 heterocycles. The molecule has 0 radical (unpaired) electrons. The van der Waals surface area contributed by atoms with E-state index < -0.39 is 9.84 Å². The monoisotopic (exact) mass is 253 g/mol. The molecule has 0 aliphatic rings. The van der Waals surface area contributed by atoms with Gasteiger partial charge in [-0.15, -0.1) is 0 Å². The van der Waals surface area contributed by atoms with E-state index in [9.17, 15) is 8.42 Å². The summed E-state index contributed by atoms with van der Waals surface area (Å²) in [7, 11) is -3.19. The van der Waals surface area contributed by atoms with Crippen molar-refractivity contribution in [3.05, 3.63) is 24.4 Å². The van der Waals surface area contributed by atoms with Crippen LogP contribution >= 0.6 is 0 Å². The summed E-state index contributed by atoms with van der Waals surface area (Å²) in [6, 6.07) is 4.96. The number of hydrogen-bond donors (Lipinski definition) is 1. The van der Waals surface area contributed by atoms with E-state index in [1.54, 1.807) is 29.1 Å². The number of nitrogens with zero attached hydrogens (tertiary/aromatic N) is 2. The summed E-state index contributed by atoms with van der Waals surface area (Å²) < 4.78 is 24.7. The van der Waals surface area contributed by atoms with Crippen molar-refractivity contribution in [3.63, 3.8) is 0 Å². The van der Waals surface area contributed by atoms with Crippen LogP contribution in [0, 0.1) is 0 Å². The number of benzene rings is 1. The van der Waals surface area contributed by atoms with E-state index in [0.29, 0.717) is 11.4 Å². The predicted octanol–water partition coefficient (Wildman–Crippen LogP) is 0.787. The van der Waals surface area contributed by atoms with Crippen molar-refractivity contribution in [1.82, 2.24) is 9.78 Å². The number of aromatic nitrogens is 2. The van der Waals surface area contributed by atoms with Gasteiger partial charge in [0.05, 0.1) is 23.2 Å². The molecule has 0 aliphatic carbocycles. The van der Waals surface area contributed by atoms with Gasteiger partial charge < -0.3 is 5.73 Å². The predicted molar refractivity (Wildman–Crippen MR) is 66.5 cm³/mol. The molecule has 92 valence electrons. The summed E-state index contributed by atoms with van der Waals surface area (Å²) in [6.45, 7) is 2.45. The molecule has 0 spiro atoms. The summed E-state index contributed by atoms with van der Waals surface area (Å²) in [6.07, 6.45) is 2.91. The first kappa shape index (κ1) is 12.1. The number of nitrogens with two attached hydrogens (primary N) is 1. The lowest BCUT2D eigenvalue weighted by molar-refractivity contribution is 0.553.